The van der Waals surface area contributed by atoms with Crippen LogP contribution >= 0.6 is 0 Å². The zero-order valence-electron chi connectivity index (χ0n) is 20.4. The number of anilines is 2. The van der Waals surface area contributed by atoms with E-state index in [0.29, 0.717) is 24.6 Å². The van der Waals surface area contributed by atoms with Crippen molar-refractivity contribution >= 4 is 17.4 Å². The van der Waals surface area contributed by atoms with Crippen molar-refractivity contribution in [2.24, 2.45) is 0 Å². The molecule has 182 valence electrons. The number of ether oxygens (including phenoxy) is 1. The SMILES string of the molecule is CCCCn1c(N)c(N(CCOC)C(=O)c2ccc(CN(CC)C(C)C)cc2)c(=O)[nH]c1=O. The van der Waals surface area contributed by atoms with E-state index in [4.69, 9.17) is 10.5 Å². The van der Waals surface area contributed by atoms with Crippen LogP contribution < -0.4 is 21.9 Å². The summed E-state index contributed by atoms with van der Waals surface area (Å²) in [6.07, 6.45) is 1.57. The molecule has 1 heterocycles. The smallest absolute Gasteiger partial charge is 0.330 e. The number of aromatic nitrogens is 2. The molecule has 1 aromatic carbocycles. The molecule has 2 aromatic rings. The number of amides is 1. The fourth-order valence-electron chi connectivity index (χ4n) is 3.68. The summed E-state index contributed by atoms with van der Waals surface area (Å²) in [7, 11) is 1.52. The molecule has 1 amide bonds. The molecule has 0 saturated heterocycles. The maximum atomic E-state index is 13.4. The fraction of sp³-hybridized carbons (Fsp3) is 0.542. The van der Waals surface area contributed by atoms with Crippen LogP contribution in [0.2, 0.25) is 0 Å². The Morgan fingerprint density at radius 1 is 1.18 bits per heavy atom. The highest BCUT2D eigenvalue weighted by atomic mass is 16.5. The molecule has 9 heteroatoms. The Labute approximate surface area is 195 Å². The Hall–Kier alpha value is -2.91. The third kappa shape index (κ3) is 6.55. The first kappa shape index (κ1) is 26.3. The Kier molecular flexibility index (Phi) is 9.87. The molecule has 0 aliphatic heterocycles. The van der Waals surface area contributed by atoms with E-state index in [0.717, 1.165) is 25.1 Å². The molecular formula is C24H37N5O4. The van der Waals surface area contributed by atoms with Crippen molar-refractivity contribution in [2.45, 2.75) is 59.7 Å². The minimum atomic E-state index is -0.693. The van der Waals surface area contributed by atoms with Crippen molar-refractivity contribution in [3.63, 3.8) is 0 Å². The van der Waals surface area contributed by atoms with E-state index >= 15 is 0 Å². The molecule has 1 aromatic heterocycles. The Morgan fingerprint density at radius 3 is 2.39 bits per heavy atom. The number of aromatic amines is 1. The number of hydrogen-bond donors (Lipinski definition) is 2. The van der Waals surface area contributed by atoms with Crippen molar-refractivity contribution in [3.05, 3.63) is 56.2 Å². The number of hydrogen-bond acceptors (Lipinski definition) is 6. The van der Waals surface area contributed by atoms with Gasteiger partial charge in [-0.05, 0) is 44.5 Å². The van der Waals surface area contributed by atoms with Crippen molar-refractivity contribution in [3.8, 4) is 0 Å². The zero-order chi connectivity index (χ0) is 24.5. The number of rotatable bonds is 12. The van der Waals surface area contributed by atoms with Gasteiger partial charge in [0, 0.05) is 38.3 Å². The third-order valence-electron chi connectivity index (χ3n) is 5.71. The number of nitrogens with one attached hydrogen (secondary N) is 1. The lowest BCUT2D eigenvalue weighted by molar-refractivity contribution is 0.0975. The van der Waals surface area contributed by atoms with Crippen LogP contribution in [0.1, 0.15) is 56.5 Å². The fourth-order valence-corrected chi connectivity index (χ4v) is 3.68. The van der Waals surface area contributed by atoms with Gasteiger partial charge in [0.25, 0.3) is 11.5 Å². The molecule has 9 nitrogen and oxygen atoms in total. The van der Waals surface area contributed by atoms with Crippen LogP contribution in [0.5, 0.6) is 0 Å². The molecule has 0 saturated carbocycles. The molecule has 0 fully saturated rings. The van der Waals surface area contributed by atoms with Gasteiger partial charge in [-0.3, -0.25) is 28.9 Å². The highest BCUT2D eigenvalue weighted by molar-refractivity contribution is 6.07. The monoisotopic (exact) mass is 459 g/mol. The van der Waals surface area contributed by atoms with Crippen molar-refractivity contribution in [2.75, 3.05) is 37.4 Å². The summed E-state index contributed by atoms with van der Waals surface area (Å²) in [6, 6.07) is 7.76. The van der Waals surface area contributed by atoms with Crippen LogP contribution in [0.3, 0.4) is 0 Å². The van der Waals surface area contributed by atoms with Crippen LogP contribution in [0.4, 0.5) is 11.5 Å². The molecule has 0 aliphatic rings. The molecule has 3 N–H and O–H groups in total. The second-order valence-corrected chi connectivity index (χ2v) is 8.30. The number of benzene rings is 1. The lowest BCUT2D eigenvalue weighted by Crippen LogP contribution is -2.42. The number of nitrogens with zero attached hydrogens (tertiary/aromatic N) is 3. The maximum absolute atomic E-state index is 13.4. The van der Waals surface area contributed by atoms with Gasteiger partial charge in [-0.15, -0.1) is 0 Å². The summed E-state index contributed by atoms with van der Waals surface area (Å²) < 4.78 is 6.46. The number of carbonyl (C=O) groups is 1. The van der Waals surface area contributed by atoms with Gasteiger partial charge in [-0.1, -0.05) is 32.4 Å². The summed E-state index contributed by atoms with van der Waals surface area (Å²) >= 11 is 0. The van der Waals surface area contributed by atoms with Gasteiger partial charge in [0.1, 0.15) is 5.82 Å². The van der Waals surface area contributed by atoms with Crippen molar-refractivity contribution < 1.29 is 9.53 Å². The molecule has 0 spiro atoms. The highest BCUT2D eigenvalue weighted by Gasteiger charge is 2.25. The van der Waals surface area contributed by atoms with Crippen molar-refractivity contribution in [1.29, 1.82) is 0 Å². The average Bonchev–Trinajstić information content (AvgIpc) is 2.79. The van der Waals surface area contributed by atoms with Gasteiger partial charge < -0.3 is 10.5 Å². The van der Waals surface area contributed by atoms with E-state index in [9.17, 15) is 14.4 Å². The number of H-pyrrole nitrogens is 1. The molecule has 33 heavy (non-hydrogen) atoms. The average molecular weight is 460 g/mol. The lowest BCUT2D eigenvalue weighted by Gasteiger charge is -2.25. The molecule has 0 unspecified atom stereocenters. The van der Waals surface area contributed by atoms with E-state index in [-0.39, 0.29) is 30.6 Å². The quantitative estimate of drug-likeness (QED) is 0.504. The van der Waals surface area contributed by atoms with Crippen LogP contribution in [0, 0.1) is 0 Å². The van der Waals surface area contributed by atoms with Crippen LogP contribution in [0.25, 0.3) is 0 Å². The predicted molar refractivity (Wildman–Crippen MR) is 132 cm³/mol. The molecule has 0 atom stereocenters. The summed E-state index contributed by atoms with van der Waals surface area (Å²) in [4.78, 5) is 44.3. The Bertz CT molecular complexity index is 1030. The number of carbonyl (C=O) groups excluding carboxylic acids is 1. The van der Waals surface area contributed by atoms with Gasteiger partial charge in [0.2, 0.25) is 0 Å². The molecule has 0 bridgehead atoms. The molecule has 0 aliphatic carbocycles. The number of nitrogens with two attached hydrogens (primary N) is 1. The van der Waals surface area contributed by atoms with E-state index < -0.39 is 11.2 Å². The first-order valence-electron chi connectivity index (χ1n) is 11.5. The first-order chi connectivity index (χ1) is 15.7. The lowest BCUT2D eigenvalue weighted by atomic mass is 10.1. The predicted octanol–water partition coefficient (Wildman–Crippen LogP) is 2.44. The Morgan fingerprint density at radius 2 is 1.85 bits per heavy atom. The second kappa shape index (κ2) is 12.4. The molecule has 0 radical (unpaired) electrons. The topological polar surface area (TPSA) is 114 Å². The molecule has 2 rings (SSSR count). The van der Waals surface area contributed by atoms with Gasteiger partial charge in [-0.2, -0.15) is 0 Å². The van der Waals surface area contributed by atoms with Crippen LogP contribution in [0.15, 0.2) is 33.9 Å². The number of unbranched alkanes of at least 4 members (excludes halogenated alkanes) is 1. The van der Waals surface area contributed by atoms with Gasteiger partial charge in [-0.25, -0.2) is 4.79 Å². The standard InChI is InChI=1S/C24H37N5O4/c1-6-8-13-29-21(25)20(22(30)26-24(29)32)28(14-15-33-5)23(31)19-11-9-18(10-12-19)16-27(7-2)17(3)4/h9-12,17H,6-8,13-16,25H2,1-5H3,(H,26,30,32). The van der Waals surface area contributed by atoms with E-state index in [1.165, 1.54) is 16.6 Å². The summed E-state index contributed by atoms with van der Waals surface area (Å²) in [5, 5.41) is 0. The minimum Gasteiger partial charge on any atom is -0.383 e. The summed E-state index contributed by atoms with van der Waals surface area (Å²) in [6.45, 7) is 10.8. The van der Waals surface area contributed by atoms with Gasteiger partial charge in [0.15, 0.2) is 5.69 Å². The summed E-state index contributed by atoms with van der Waals surface area (Å²) in [5.41, 5.74) is 6.45. The minimum absolute atomic E-state index is 0.0196. The van der Waals surface area contributed by atoms with Gasteiger partial charge in [0.05, 0.1) is 6.61 Å². The zero-order valence-corrected chi connectivity index (χ0v) is 20.4. The van der Waals surface area contributed by atoms with Crippen LogP contribution in [-0.4, -0.2) is 53.2 Å². The maximum Gasteiger partial charge on any atom is 0.330 e. The summed E-state index contributed by atoms with van der Waals surface area (Å²) in [5.74, 6) is -0.401. The number of methoxy groups -OCH3 is 1. The number of nitrogen functional groups attached to an aromatic ring is 1. The van der Waals surface area contributed by atoms with Crippen LogP contribution in [-0.2, 0) is 17.8 Å². The normalized spacial score (nSPS) is 11.4. The largest absolute Gasteiger partial charge is 0.383 e. The molecular weight excluding hydrogens is 422 g/mol. The Balaban J connectivity index is 2.42. The first-order valence-corrected chi connectivity index (χ1v) is 11.5. The second-order valence-electron chi connectivity index (χ2n) is 8.30. The van der Waals surface area contributed by atoms with E-state index in [1.807, 2.05) is 19.1 Å². The van der Waals surface area contributed by atoms with Gasteiger partial charge >= 0.3 is 5.69 Å². The van der Waals surface area contributed by atoms with Crippen molar-refractivity contribution in [1.82, 2.24) is 14.5 Å². The highest BCUT2D eigenvalue weighted by Crippen LogP contribution is 2.20. The van der Waals surface area contributed by atoms with E-state index in [1.54, 1.807) is 12.1 Å². The third-order valence-corrected chi connectivity index (χ3v) is 5.71. The van der Waals surface area contributed by atoms with E-state index in [2.05, 4.69) is 30.7 Å².